The highest BCUT2D eigenvalue weighted by molar-refractivity contribution is 6.18. The van der Waals surface area contributed by atoms with Gasteiger partial charge in [-0.15, -0.1) is 11.6 Å². The lowest BCUT2D eigenvalue weighted by molar-refractivity contribution is -0.139. The van der Waals surface area contributed by atoms with Crippen LogP contribution in [-0.2, 0) is 4.79 Å². The van der Waals surface area contributed by atoms with E-state index in [1.165, 1.54) is 0 Å². The van der Waals surface area contributed by atoms with E-state index in [1.807, 2.05) is 18.2 Å². The van der Waals surface area contributed by atoms with E-state index in [0.29, 0.717) is 23.9 Å². The molecule has 0 fully saturated rings. The van der Waals surface area contributed by atoms with Crippen LogP contribution in [0.15, 0.2) is 24.3 Å². The van der Waals surface area contributed by atoms with Gasteiger partial charge in [0.25, 0.3) is 5.91 Å². The zero-order valence-corrected chi connectivity index (χ0v) is 10.3. The quantitative estimate of drug-likeness (QED) is 0.769. The molecule has 17 heavy (non-hydrogen) atoms. The van der Waals surface area contributed by atoms with Gasteiger partial charge in [0.1, 0.15) is 6.61 Å². The highest BCUT2D eigenvalue weighted by Crippen LogP contribution is 2.31. The molecule has 0 saturated heterocycles. The van der Waals surface area contributed by atoms with Crippen LogP contribution in [0.25, 0.3) is 0 Å². The molecule has 1 atom stereocenters. The van der Waals surface area contributed by atoms with E-state index in [4.69, 9.17) is 21.1 Å². The maximum absolute atomic E-state index is 12.0. The van der Waals surface area contributed by atoms with Crippen LogP contribution in [0.1, 0.15) is 0 Å². The lowest BCUT2D eigenvalue weighted by atomic mass is 10.2. The fraction of sp³-hybridized carbons (Fsp3) is 0.417. The van der Waals surface area contributed by atoms with Crippen molar-refractivity contribution in [2.75, 3.05) is 26.1 Å². The average Bonchev–Trinajstić information content (AvgIpc) is 2.37. The maximum Gasteiger partial charge on any atom is 0.267 e. The normalized spacial score (nSPS) is 17.6. The summed E-state index contributed by atoms with van der Waals surface area (Å²) >= 11 is 5.59. The Labute approximate surface area is 105 Å². The van der Waals surface area contributed by atoms with Gasteiger partial charge in [0, 0.05) is 19.5 Å². The molecule has 5 heteroatoms. The molecule has 0 saturated carbocycles. The largest absolute Gasteiger partial charge is 0.485 e. The number of fused-ring (bicyclic) bond motifs is 1. The Morgan fingerprint density at radius 2 is 2.18 bits per heavy atom. The second kappa shape index (κ2) is 5.27. The fourth-order valence-corrected chi connectivity index (χ4v) is 1.88. The number of para-hydroxylation sites is 2. The number of hydrogen-bond donors (Lipinski definition) is 0. The molecule has 1 aromatic rings. The van der Waals surface area contributed by atoms with Gasteiger partial charge in [-0.05, 0) is 12.1 Å². The van der Waals surface area contributed by atoms with E-state index < -0.39 is 6.10 Å². The molecule has 2 rings (SSSR count). The second-order valence-corrected chi connectivity index (χ2v) is 4.19. The average molecular weight is 256 g/mol. The summed E-state index contributed by atoms with van der Waals surface area (Å²) in [5.74, 6) is 1.58. The predicted molar refractivity (Wildman–Crippen MR) is 64.7 cm³/mol. The molecule has 0 radical (unpaired) electrons. The van der Waals surface area contributed by atoms with Gasteiger partial charge in [-0.3, -0.25) is 4.79 Å². The van der Waals surface area contributed by atoms with Gasteiger partial charge in [0.05, 0.1) is 0 Å². The van der Waals surface area contributed by atoms with Crippen LogP contribution in [0.3, 0.4) is 0 Å². The van der Waals surface area contributed by atoms with E-state index in [0.717, 1.165) is 0 Å². The summed E-state index contributed by atoms with van der Waals surface area (Å²) in [6.07, 6.45) is -0.585. The van der Waals surface area contributed by atoms with Crippen LogP contribution < -0.4 is 9.47 Å². The molecular formula is C12H14ClNO3. The van der Waals surface area contributed by atoms with Crippen molar-refractivity contribution in [2.24, 2.45) is 0 Å². The van der Waals surface area contributed by atoms with Gasteiger partial charge in [-0.2, -0.15) is 0 Å². The van der Waals surface area contributed by atoms with Gasteiger partial charge >= 0.3 is 0 Å². The van der Waals surface area contributed by atoms with Crippen molar-refractivity contribution in [2.45, 2.75) is 6.10 Å². The molecule has 1 aromatic carbocycles. The Bertz CT molecular complexity index is 410. The van der Waals surface area contributed by atoms with Gasteiger partial charge in [-0.1, -0.05) is 12.1 Å². The van der Waals surface area contributed by atoms with Crippen LogP contribution in [0, 0.1) is 0 Å². The van der Waals surface area contributed by atoms with E-state index in [-0.39, 0.29) is 12.5 Å². The molecule has 1 unspecified atom stereocenters. The lowest BCUT2D eigenvalue weighted by Crippen LogP contribution is -2.45. The number of hydrogen-bond acceptors (Lipinski definition) is 3. The Morgan fingerprint density at radius 3 is 2.88 bits per heavy atom. The third-order valence-electron chi connectivity index (χ3n) is 2.58. The van der Waals surface area contributed by atoms with Crippen molar-refractivity contribution >= 4 is 17.5 Å². The molecule has 92 valence electrons. The van der Waals surface area contributed by atoms with Crippen molar-refractivity contribution in [3.8, 4) is 11.5 Å². The smallest absolute Gasteiger partial charge is 0.267 e. The first-order valence-corrected chi connectivity index (χ1v) is 5.95. The topological polar surface area (TPSA) is 38.8 Å². The zero-order chi connectivity index (χ0) is 12.3. The Kier molecular flexibility index (Phi) is 3.74. The van der Waals surface area contributed by atoms with Gasteiger partial charge in [0.2, 0.25) is 6.10 Å². The lowest BCUT2D eigenvalue weighted by Gasteiger charge is -2.28. The Morgan fingerprint density at radius 1 is 1.47 bits per heavy atom. The van der Waals surface area contributed by atoms with Crippen molar-refractivity contribution in [1.29, 1.82) is 0 Å². The minimum Gasteiger partial charge on any atom is -0.485 e. The molecule has 1 amide bonds. The summed E-state index contributed by atoms with van der Waals surface area (Å²) in [4.78, 5) is 13.5. The maximum atomic E-state index is 12.0. The number of halogens is 1. The number of carbonyl (C=O) groups is 1. The first kappa shape index (κ1) is 12.0. The van der Waals surface area contributed by atoms with Crippen LogP contribution in [-0.4, -0.2) is 43.0 Å². The second-order valence-electron chi connectivity index (χ2n) is 3.81. The Balaban J connectivity index is 2.05. The molecule has 0 bridgehead atoms. The number of carbonyl (C=O) groups excluding carboxylic acids is 1. The first-order valence-electron chi connectivity index (χ1n) is 5.42. The summed E-state index contributed by atoms with van der Waals surface area (Å²) in [5, 5.41) is 0. The molecule has 0 aliphatic carbocycles. The number of ether oxygens (including phenoxy) is 2. The fourth-order valence-electron chi connectivity index (χ4n) is 1.62. The number of benzene rings is 1. The summed E-state index contributed by atoms with van der Waals surface area (Å²) in [6, 6.07) is 7.32. The molecular weight excluding hydrogens is 242 g/mol. The first-order chi connectivity index (χ1) is 8.22. The number of likely N-dealkylation sites (N-methyl/N-ethyl adjacent to an activating group) is 1. The Hall–Kier alpha value is -1.42. The van der Waals surface area contributed by atoms with Crippen molar-refractivity contribution in [1.82, 2.24) is 4.90 Å². The molecule has 0 aromatic heterocycles. The van der Waals surface area contributed by atoms with Crippen LogP contribution in [0.4, 0.5) is 0 Å². The van der Waals surface area contributed by atoms with Gasteiger partial charge in [-0.25, -0.2) is 0 Å². The van der Waals surface area contributed by atoms with Crippen molar-refractivity contribution in [3.63, 3.8) is 0 Å². The zero-order valence-electron chi connectivity index (χ0n) is 9.56. The third-order valence-corrected chi connectivity index (χ3v) is 2.75. The minimum atomic E-state index is -0.585. The molecule has 0 spiro atoms. The highest BCUT2D eigenvalue weighted by atomic mass is 35.5. The van der Waals surface area contributed by atoms with E-state index >= 15 is 0 Å². The van der Waals surface area contributed by atoms with Crippen LogP contribution >= 0.6 is 11.6 Å². The molecule has 1 aliphatic rings. The SMILES string of the molecule is CN(CCCl)C(=O)C1COc2ccccc2O1. The number of amides is 1. The minimum absolute atomic E-state index is 0.111. The number of alkyl halides is 1. The number of nitrogens with zero attached hydrogens (tertiary/aromatic N) is 1. The summed E-state index contributed by atoms with van der Waals surface area (Å²) in [7, 11) is 1.70. The van der Waals surface area contributed by atoms with Gasteiger partial charge < -0.3 is 14.4 Å². The summed E-state index contributed by atoms with van der Waals surface area (Å²) in [5.41, 5.74) is 0. The molecule has 1 aliphatic heterocycles. The van der Waals surface area contributed by atoms with E-state index in [2.05, 4.69) is 0 Å². The van der Waals surface area contributed by atoms with Crippen LogP contribution in [0.5, 0.6) is 11.5 Å². The van der Waals surface area contributed by atoms with Crippen molar-refractivity contribution < 1.29 is 14.3 Å². The van der Waals surface area contributed by atoms with Crippen molar-refractivity contribution in [3.05, 3.63) is 24.3 Å². The van der Waals surface area contributed by atoms with E-state index in [9.17, 15) is 4.79 Å². The molecule has 4 nitrogen and oxygen atoms in total. The van der Waals surface area contributed by atoms with E-state index in [1.54, 1.807) is 18.0 Å². The standard InChI is InChI=1S/C12H14ClNO3/c1-14(7-6-13)12(15)11-8-16-9-4-2-3-5-10(9)17-11/h2-5,11H,6-8H2,1H3. The summed E-state index contributed by atoms with van der Waals surface area (Å²) < 4.78 is 11.1. The van der Waals surface area contributed by atoms with Gasteiger partial charge in [0.15, 0.2) is 11.5 Å². The number of rotatable bonds is 3. The molecule has 0 N–H and O–H groups in total. The van der Waals surface area contributed by atoms with Crippen LogP contribution in [0.2, 0.25) is 0 Å². The highest BCUT2D eigenvalue weighted by Gasteiger charge is 2.29. The monoisotopic (exact) mass is 255 g/mol. The third kappa shape index (κ3) is 2.64. The molecule has 1 heterocycles. The predicted octanol–water partition coefficient (Wildman–Crippen LogP) is 1.52. The summed E-state index contributed by atoms with van der Waals surface area (Å²) in [6.45, 7) is 0.740.